The number of amides is 1. The van der Waals surface area contributed by atoms with Gasteiger partial charge < -0.3 is 4.84 Å². The number of rotatable bonds is 3. The molecule has 0 spiro atoms. The Morgan fingerprint density at radius 1 is 0.760 bits per heavy atom. The van der Waals surface area contributed by atoms with E-state index in [2.05, 4.69) is 0 Å². The average Bonchev–Trinajstić information content (AvgIpc) is 3.01. The molecule has 0 radical (unpaired) electrons. The fourth-order valence-corrected chi connectivity index (χ4v) is 2.91. The molecule has 1 heterocycles. The van der Waals surface area contributed by atoms with Crippen LogP contribution in [0.15, 0.2) is 84.9 Å². The molecule has 4 nitrogen and oxygen atoms in total. The van der Waals surface area contributed by atoms with Gasteiger partial charge in [0.1, 0.15) is 5.82 Å². The summed E-state index contributed by atoms with van der Waals surface area (Å²) in [5.74, 6) is -0.327. The van der Waals surface area contributed by atoms with Crippen molar-refractivity contribution in [1.29, 1.82) is 0 Å². The molecule has 1 aliphatic rings. The lowest BCUT2D eigenvalue weighted by molar-refractivity contribution is 0.164. The van der Waals surface area contributed by atoms with Crippen molar-refractivity contribution in [2.75, 3.05) is 9.96 Å². The molecule has 0 aromatic heterocycles. The van der Waals surface area contributed by atoms with E-state index in [1.165, 1.54) is 12.1 Å². The molecule has 5 heteroatoms. The fraction of sp³-hybridized carbons (Fsp3) is 0.0500. The van der Waals surface area contributed by atoms with Crippen LogP contribution in [-0.2, 0) is 4.84 Å². The number of carbonyl (C=O) groups excluding carboxylic acids is 1. The van der Waals surface area contributed by atoms with E-state index in [-0.39, 0.29) is 5.82 Å². The topological polar surface area (TPSA) is 32.8 Å². The van der Waals surface area contributed by atoms with Crippen molar-refractivity contribution in [2.24, 2.45) is 0 Å². The van der Waals surface area contributed by atoms with Crippen LogP contribution in [0.5, 0.6) is 0 Å². The molecule has 3 aromatic rings. The summed E-state index contributed by atoms with van der Waals surface area (Å²) in [5.41, 5.74) is 2.20. The number of nitrogens with zero attached hydrogens (tertiary/aromatic N) is 2. The highest BCUT2D eigenvalue weighted by atomic mass is 19.1. The van der Waals surface area contributed by atoms with E-state index in [0.29, 0.717) is 5.69 Å². The molecule has 1 fully saturated rings. The first-order valence-electron chi connectivity index (χ1n) is 7.90. The van der Waals surface area contributed by atoms with E-state index in [4.69, 9.17) is 4.84 Å². The maximum atomic E-state index is 13.4. The Bertz CT molecular complexity index is 869. The second kappa shape index (κ2) is 6.28. The van der Waals surface area contributed by atoms with Crippen molar-refractivity contribution in [1.82, 2.24) is 0 Å². The number of carbonyl (C=O) groups is 1. The summed E-state index contributed by atoms with van der Waals surface area (Å²) in [6, 6.07) is 24.7. The summed E-state index contributed by atoms with van der Waals surface area (Å²) < 4.78 is 13.4. The van der Waals surface area contributed by atoms with E-state index < -0.39 is 12.3 Å². The Morgan fingerprint density at radius 2 is 1.32 bits per heavy atom. The monoisotopic (exact) mass is 334 g/mol. The van der Waals surface area contributed by atoms with Gasteiger partial charge in [0, 0.05) is 5.69 Å². The predicted octanol–water partition coefficient (Wildman–Crippen LogP) is 4.90. The van der Waals surface area contributed by atoms with Crippen LogP contribution in [0, 0.1) is 5.82 Å². The Morgan fingerprint density at radius 3 is 1.92 bits per heavy atom. The lowest BCUT2D eigenvalue weighted by Gasteiger charge is -2.27. The largest absolute Gasteiger partial charge is 0.440 e. The molecule has 25 heavy (non-hydrogen) atoms. The molecule has 0 saturated carbocycles. The zero-order valence-corrected chi connectivity index (χ0v) is 13.2. The molecule has 0 aliphatic carbocycles. The summed E-state index contributed by atoms with van der Waals surface area (Å²) in [7, 11) is 0. The van der Waals surface area contributed by atoms with Gasteiger partial charge >= 0.3 is 6.09 Å². The number of halogens is 1. The van der Waals surface area contributed by atoms with Gasteiger partial charge in [-0.05, 0) is 42.0 Å². The van der Waals surface area contributed by atoms with Crippen LogP contribution < -0.4 is 9.96 Å². The third kappa shape index (κ3) is 2.80. The van der Waals surface area contributed by atoms with Crippen LogP contribution in [0.1, 0.15) is 11.7 Å². The van der Waals surface area contributed by atoms with E-state index >= 15 is 0 Å². The second-order valence-electron chi connectivity index (χ2n) is 5.65. The van der Waals surface area contributed by atoms with Crippen molar-refractivity contribution in [3.63, 3.8) is 0 Å². The zero-order valence-electron chi connectivity index (χ0n) is 13.2. The predicted molar refractivity (Wildman–Crippen MR) is 93.5 cm³/mol. The maximum absolute atomic E-state index is 13.4. The van der Waals surface area contributed by atoms with Crippen molar-refractivity contribution in [3.05, 3.63) is 96.3 Å². The quantitative estimate of drug-likeness (QED) is 0.683. The molecular weight excluding hydrogens is 319 g/mol. The van der Waals surface area contributed by atoms with E-state index in [9.17, 15) is 9.18 Å². The molecule has 1 aliphatic heterocycles. The Labute approximate surface area is 144 Å². The maximum Gasteiger partial charge on any atom is 0.440 e. The van der Waals surface area contributed by atoms with Crippen LogP contribution in [0.25, 0.3) is 0 Å². The van der Waals surface area contributed by atoms with Gasteiger partial charge in [-0.2, -0.15) is 5.06 Å². The summed E-state index contributed by atoms with van der Waals surface area (Å²) in [6.07, 6.45) is -1.01. The Hall–Kier alpha value is -3.34. The first-order valence-corrected chi connectivity index (χ1v) is 7.90. The standard InChI is InChI=1S/C20H15FN2O2/c21-16-13-11-15(12-14-16)19-22(17-7-3-1-4-8-17)20(24)25-23(19)18-9-5-2-6-10-18/h1-14,19H/t19-/m0/s1. The number of benzene rings is 3. The lowest BCUT2D eigenvalue weighted by atomic mass is 10.1. The van der Waals surface area contributed by atoms with Gasteiger partial charge in [-0.1, -0.05) is 48.5 Å². The molecule has 1 atom stereocenters. The summed E-state index contributed by atoms with van der Waals surface area (Å²) in [5, 5.41) is 1.54. The normalized spacial score (nSPS) is 16.8. The first-order chi connectivity index (χ1) is 12.2. The minimum absolute atomic E-state index is 0.327. The van der Waals surface area contributed by atoms with E-state index in [0.717, 1.165) is 11.3 Å². The molecule has 124 valence electrons. The van der Waals surface area contributed by atoms with Crippen LogP contribution in [-0.4, -0.2) is 6.09 Å². The number of hydrogen-bond acceptors (Lipinski definition) is 3. The van der Waals surface area contributed by atoms with Gasteiger partial charge in [-0.15, -0.1) is 0 Å². The van der Waals surface area contributed by atoms with Crippen molar-refractivity contribution < 1.29 is 14.0 Å². The summed E-state index contributed by atoms with van der Waals surface area (Å²) in [6.45, 7) is 0. The third-order valence-corrected chi connectivity index (χ3v) is 4.05. The Kier molecular flexibility index (Phi) is 3.82. The highest BCUT2D eigenvalue weighted by Gasteiger charge is 2.42. The highest BCUT2D eigenvalue weighted by Crippen LogP contribution is 2.39. The second-order valence-corrected chi connectivity index (χ2v) is 5.65. The minimum Gasteiger partial charge on any atom is -0.319 e. The molecular formula is C20H15FN2O2. The molecule has 1 amide bonds. The van der Waals surface area contributed by atoms with Gasteiger partial charge in [-0.3, -0.25) is 0 Å². The lowest BCUT2D eigenvalue weighted by Crippen LogP contribution is -2.31. The smallest absolute Gasteiger partial charge is 0.319 e. The summed E-state index contributed by atoms with van der Waals surface area (Å²) in [4.78, 5) is 19.7. The van der Waals surface area contributed by atoms with Crippen molar-refractivity contribution >= 4 is 17.5 Å². The fourth-order valence-electron chi connectivity index (χ4n) is 2.91. The molecule has 4 rings (SSSR count). The van der Waals surface area contributed by atoms with Crippen LogP contribution >= 0.6 is 0 Å². The van der Waals surface area contributed by atoms with Crippen LogP contribution in [0.4, 0.5) is 20.6 Å². The van der Waals surface area contributed by atoms with Crippen LogP contribution in [0.3, 0.4) is 0 Å². The van der Waals surface area contributed by atoms with Crippen molar-refractivity contribution in [3.8, 4) is 0 Å². The van der Waals surface area contributed by atoms with Gasteiger partial charge in [0.25, 0.3) is 0 Å². The highest BCUT2D eigenvalue weighted by molar-refractivity contribution is 5.92. The third-order valence-electron chi connectivity index (χ3n) is 4.05. The molecule has 3 aromatic carbocycles. The van der Waals surface area contributed by atoms with E-state index in [1.54, 1.807) is 22.1 Å². The SMILES string of the molecule is O=C1ON(c2ccccc2)[C@@H](c2ccc(F)cc2)N1c1ccccc1. The first kappa shape index (κ1) is 15.2. The molecule has 0 unspecified atom stereocenters. The molecule has 0 N–H and O–H groups in total. The van der Waals surface area contributed by atoms with E-state index in [1.807, 2.05) is 60.7 Å². The Balaban J connectivity index is 1.83. The van der Waals surface area contributed by atoms with Crippen LogP contribution in [0.2, 0.25) is 0 Å². The number of anilines is 2. The minimum atomic E-state index is -0.530. The summed E-state index contributed by atoms with van der Waals surface area (Å²) >= 11 is 0. The van der Waals surface area contributed by atoms with Gasteiger partial charge in [-0.25, -0.2) is 14.1 Å². The van der Waals surface area contributed by atoms with Gasteiger partial charge in [0.15, 0.2) is 6.17 Å². The van der Waals surface area contributed by atoms with Gasteiger partial charge in [0.2, 0.25) is 0 Å². The number of para-hydroxylation sites is 2. The average molecular weight is 334 g/mol. The zero-order chi connectivity index (χ0) is 17.2. The van der Waals surface area contributed by atoms with Gasteiger partial charge in [0.05, 0.1) is 5.69 Å². The number of hydrogen-bond donors (Lipinski definition) is 0. The number of hydroxylamine groups is 1. The van der Waals surface area contributed by atoms with Crippen molar-refractivity contribution in [2.45, 2.75) is 6.17 Å². The molecule has 1 saturated heterocycles. The molecule has 0 bridgehead atoms.